The molecule has 1 aromatic carbocycles. The molecule has 1 N–H and O–H groups in total. The lowest BCUT2D eigenvalue weighted by Gasteiger charge is -2.27. The van der Waals surface area contributed by atoms with Crippen molar-refractivity contribution in [2.45, 2.75) is 38.3 Å². The maximum absolute atomic E-state index is 13.9. The Morgan fingerprint density at radius 2 is 2.21 bits per heavy atom. The summed E-state index contributed by atoms with van der Waals surface area (Å²) < 4.78 is 19.5. The van der Waals surface area contributed by atoms with Crippen molar-refractivity contribution >= 4 is 11.6 Å². The number of likely N-dealkylation sites (N-methyl/N-ethyl adjacent to an activating group) is 1. The monoisotopic (exact) mass is 285 g/mol. The molecule has 4 heteroatoms. The van der Waals surface area contributed by atoms with Gasteiger partial charge in [0.15, 0.2) is 0 Å². The summed E-state index contributed by atoms with van der Waals surface area (Å²) in [6, 6.07) is 5.03. The summed E-state index contributed by atoms with van der Waals surface area (Å²) in [7, 11) is 1.74. The molecule has 0 heterocycles. The number of hydrogen-bond donors (Lipinski definition) is 1. The van der Waals surface area contributed by atoms with E-state index in [1.807, 2.05) is 0 Å². The predicted molar refractivity (Wildman–Crippen MR) is 76.1 cm³/mol. The van der Waals surface area contributed by atoms with E-state index in [0.717, 1.165) is 6.54 Å². The summed E-state index contributed by atoms with van der Waals surface area (Å²) in [6.45, 7) is 2.91. The Morgan fingerprint density at radius 3 is 2.74 bits per heavy atom. The molecule has 1 aromatic rings. The standard InChI is InChI=1S/C15H21ClFNO/c1-3-18-14(15(19-2)10-4-5-10)8-11-6-7-12(16)9-13(11)17/h6-7,9-10,14-15,18H,3-5,8H2,1-2H3. The Bertz CT molecular complexity index is 423. The van der Waals surface area contributed by atoms with Crippen LogP contribution in [0.4, 0.5) is 4.39 Å². The van der Waals surface area contributed by atoms with E-state index >= 15 is 0 Å². The average Bonchev–Trinajstić information content (AvgIpc) is 3.18. The van der Waals surface area contributed by atoms with Gasteiger partial charge in [-0.1, -0.05) is 24.6 Å². The molecule has 2 atom stereocenters. The summed E-state index contributed by atoms with van der Waals surface area (Å²) in [4.78, 5) is 0. The minimum absolute atomic E-state index is 0.151. The molecule has 1 aliphatic rings. The molecule has 1 saturated carbocycles. The number of nitrogens with one attached hydrogen (secondary N) is 1. The zero-order valence-corrected chi connectivity index (χ0v) is 12.2. The third-order valence-electron chi connectivity index (χ3n) is 3.68. The number of halogens is 2. The van der Waals surface area contributed by atoms with E-state index in [-0.39, 0.29) is 18.0 Å². The van der Waals surface area contributed by atoms with E-state index in [0.29, 0.717) is 22.9 Å². The molecule has 0 spiro atoms. The average molecular weight is 286 g/mol. The van der Waals surface area contributed by atoms with Crippen molar-refractivity contribution in [2.75, 3.05) is 13.7 Å². The van der Waals surface area contributed by atoms with Crippen LogP contribution in [-0.2, 0) is 11.2 Å². The second-order valence-corrected chi connectivity index (χ2v) is 5.58. The van der Waals surface area contributed by atoms with Crippen LogP contribution in [0.1, 0.15) is 25.3 Å². The van der Waals surface area contributed by atoms with Crippen molar-refractivity contribution in [3.8, 4) is 0 Å². The predicted octanol–water partition coefficient (Wildman–Crippen LogP) is 3.42. The molecule has 0 amide bonds. The van der Waals surface area contributed by atoms with Gasteiger partial charge in [-0.3, -0.25) is 0 Å². The fourth-order valence-corrected chi connectivity index (χ4v) is 2.76. The van der Waals surface area contributed by atoms with Crippen LogP contribution in [0.25, 0.3) is 0 Å². The number of hydrogen-bond acceptors (Lipinski definition) is 2. The molecule has 106 valence electrons. The van der Waals surface area contributed by atoms with Gasteiger partial charge < -0.3 is 10.1 Å². The minimum Gasteiger partial charge on any atom is -0.380 e. The smallest absolute Gasteiger partial charge is 0.127 e. The van der Waals surface area contributed by atoms with Crippen molar-refractivity contribution in [1.82, 2.24) is 5.32 Å². The highest BCUT2D eigenvalue weighted by molar-refractivity contribution is 6.30. The van der Waals surface area contributed by atoms with Gasteiger partial charge in [0.1, 0.15) is 5.82 Å². The Hall–Kier alpha value is -0.640. The highest BCUT2D eigenvalue weighted by atomic mass is 35.5. The van der Waals surface area contributed by atoms with Gasteiger partial charge >= 0.3 is 0 Å². The fraction of sp³-hybridized carbons (Fsp3) is 0.600. The lowest BCUT2D eigenvalue weighted by molar-refractivity contribution is 0.0513. The summed E-state index contributed by atoms with van der Waals surface area (Å²) in [6.07, 6.45) is 3.22. The molecule has 0 bridgehead atoms. The van der Waals surface area contributed by atoms with Crippen LogP contribution in [0, 0.1) is 11.7 Å². The summed E-state index contributed by atoms with van der Waals surface area (Å²) >= 11 is 5.78. The largest absolute Gasteiger partial charge is 0.380 e. The first-order valence-corrected chi connectivity index (χ1v) is 7.23. The second kappa shape index (κ2) is 6.69. The lowest BCUT2D eigenvalue weighted by atomic mass is 9.97. The van der Waals surface area contributed by atoms with E-state index in [1.54, 1.807) is 19.2 Å². The third kappa shape index (κ3) is 3.91. The number of methoxy groups -OCH3 is 1. The molecule has 1 aliphatic carbocycles. The van der Waals surface area contributed by atoms with Gasteiger partial charge in [0.05, 0.1) is 6.10 Å². The number of benzene rings is 1. The quantitative estimate of drug-likeness (QED) is 0.829. The first-order valence-electron chi connectivity index (χ1n) is 6.85. The molecule has 0 saturated heterocycles. The molecule has 2 unspecified atom stereocenters. The minimum atomic E-state index is -0.235. The maximum Gasteiger partial charge on any atom is 0.127 e. The van der Waals surface area contributed by atoms with Crippen LogP contribution < -0.4 is 5.32 Å². The zero-order chi connectivity index (χ0) is 13.8. The van der Waals surface area contributed by atoms with Gasteiger partial charge in [0, 0.05) is 18.2 Å². The van der Waals surface area contributed by atoms with Gasteiger partial charge in [-0.2, -0.15) is 0 Å². The van der Waals surface area contributed by atoms with E-state index in [4.69, 9.17) is 16.3 Å². The van der Waals surface area contributed by atoms with Gasteiger partial charge in [-0.05, 0) is 49.4 Å². The van der Waals surface area contributed by atoms with Crippen LogP contribution in [-0.4, -0.2) is 25.8 Å². The molecule has 2 nitrogen and oxygen atoms in total. The molecule has 19 heavy (non-hydrogen) atoms. The Morgan fingerprint density at radius 1 is 1.47 bits per heavy atom. The van der Waals surface area contributed by atoms with E-state index in [1.165, 1.54) is 18.9 Å². The topological polar surface area (TPSA) is 21.3 Å². The molecular weight excluding hydrogens is 265 g/mol. The van der Waals surface area contributed by atoms with Gasteiger partial charge in [-0.25, -0.2) is 4.39 Å². The Kier molecular flexibility index (Phi) is 5.20. The van der Waals surface area contributed by atoms with E-state index in [2.05, 4.69) is 12.2 Å². The van der Waals surface area contributed by atoms with Crippen LogP contribution >= 0.6 is 11.6 Å². The molecule has 0 aliphatic heterocycles. The lowest BCUT2D eigenvalue weighted by Crippen LogP contribution is -2.44. The third-order valence-corrected chi connectivity index (χ3v) is 3.91. The fourth-order valence-electron chi connectivity index (χ4n) is 2.60. The normalized spacial score (nSPS) is 18.3. The molecule has 0 aromatic heterocycles. The SMILES string of the molecule is CCNC(Cc1ccc(Cl)cc1F)C(OC)C1CC1. The van der Waals surface area contributed by atoms with Gasteiger partial charge in [0.25, 0.3) is 0 Å². The highest BCUT2D eigenvalue weighted by Gasteiger charge is 2.36. The van der Waals surface area contributed by atoms with Crippen LogP contribution in [0.2, 0.25) is 5.02 Å². The van der Waals surface area contributed by atoms with Crippen molar-refractivity contribution < 1.29 is 9.13 Å². The van der Waals surface area contributed by atoms with Crippen molar-refractivity contribution in [1.29, 1.82) is 0 Å². The van der Waals surface area contributed by atoms with Crippen molar-refractivity contribution in [3.05, 3.63) is 34.6 Å². The molecule has 2 rings (SSSR count). The molecule has 0 radical (unpaired) electrons. The van der Waals surface area contributed by atoms with Crippen molar-refractivity contribution in [3.63, 3.8) is 0 Å². The number of rotatable bonds is 7. The van der Waals surface area contributed by atoms with Crippen LogP contribution in [0.15, 0.2) is 18.2 Å². The molecular formula is C15H21ClFNO. The number of ether oxygens (including phenoxy) is 1. The Labute approximate surface area is 119 Å². The molecule has 1 fully saturated rings. The van der Waals surface area contributed by atoms with Gasteiger partial charge in [-0.15, -0.1) is 0 Å². The van der Waals surface area contributed by atoms with E-state index in [9.17, 15) is 4.39 Å². The summed E-state index contributed by atoms with van der Waals surface area (Å²) in [5.74, 6) is 0.380. The van der Waals surface area contributed by atoms with Crippen LogP contribution in [0.3, 0.4) is 0 Å². The van der Waals surface area contributed by atoms with Crippen LogP contribution in [0.5, 0.6) is 0 Å². The highest BCUT2D eigenvalue weighted by Crippen LogP contribution is 2.36. The van der Waals surface area contributed by atoms with Gasteiger partial charge in [0.2, 0.25) is 0 Å². The summed E-state index contributed by atoms with van der Waals surface area (Å²) in [5.41, 5.74) is 0.693. The van der Waals surface area contributed by atoms with E-state index < -0.39 is 0 Å². The first-order chi connectivity index (χ1) is 9.15. The maximum atomic E-state index is 13.9. The Balaban J connectivity index is 2.10. The first kappa shape index (κ1) is 14.8. The summed E-state index contributed by atoms with van der Waals surface area (Å²) in [5, 5.41) is 3.86. The second-order valence-electron chi connectivity index (χ2n) is 5.14. The zero-order valence-electron chi connectivity index (χ0n) is 11.5. The van der Waals surface area contributed by atoms with Crippen molar-refractivity contribution in [2.24, 2.45) is 5.92 Å².